The van der Waals surface area contributed by atoms with Gasteiger partial charge in [0.2, 0.25) is 0 Å². The van der Waals surface area contributed by atoms with Gasteiger partial charge in [-0.2, -0.15) is 4.40 Å². The smallest absolute Gasteiger partial charge is 0.145 e. The third kappa shape index (κ3) is 2.19. The molecule has 2 aromatic heterocycles. The van der Waals surface area contributed by atoms with E-state index in [0.29, 0.717) is 0 Å². The first-order valence-electron chi connectivity index (χ1n) is 6.52. The van der Waals surface area contributed by atoms with Crippen molar-refractivity contribution >= 4 is 33.8 Å². The highest BCUT2D eigenvalue weighted by atomic mass is 35.5. The lowest BCUT2D eigenvalue weighted by atomic mass is 9.97. The number of imidazole rings is 1. The van der Waals surface area contributed by atoms with Gasteiger partial charge in [0.15, 0.2) is 0 Å². The molecule has 2 aromatic rings. The summed E-state index contributed by atoms with van der Waals surface area (Å²) in [5.74, 6) is 0. The summed E-state index contributed by atoms with van der Waals surface area (Å²) in [5.41, 5.74) is 3.72. The number of rotatable bonds is 1. The number of aryl methyl sites for hydroxylation is 1. The maximum Gasteiger partial charge on any atom is 0.145 e. The van der Waals surface area contributed by atoms with E-state index < -0.39 is 11.0 Å². The van der Waals surface area contributed by atoms with Crippen LogP contribution in [0.3, 0.4) is 0 Å². The van der Waals surface area contributed by atoms with Gasteiger partial charge in [0, 0.05) is 11.2 Å². The van der Waals surface area contributed by atoms with E-state index in [1.54, 1.807) is 6.33 Å². The highest BCUT2D eigenvalue weighted by molar-refractivity contribution is 7.85. The molecule has 0 saturated heterocycles. The molecule has 106 valence electrons. The van der Waals surface area contributed by atoms with Gasteiger partial charge in [0.1, 0.15) is 23.0 Å². The Morgan fingerprint density at radius 3 is 2.85 bits per heavy atom. The van der Waals surface area contributed by atoms with Crippen LogP contribution in [0.2, 0.25) is 5.02 Å². The molecular formula is C14H16ClN3OS. The summed E-state index contributed by atoms with van der Waals surface area (Å²) in [7, 11) is -1.27. The van der Waals surface area contributed by atoms with E-state index in [1.165, 1.54) is 0 Å². The quantitative estimate of drug-likeness (QED) is 0.812. The molecule has 0 aliphatic heterocycles. The first-order chi connectivity index (χ1) is 9.38. The van der Waals surface area contributed by atoms with E-state index in [0.717, 1.165) is 40.4 Å². The Kier molecular flexibility index (Phi) is 3.21. The van der Waals surface area contributed by atoms with Crippen molar-refractivity contribution in [2.24, 2.45) is 4.40 Å². The largest absolute Gasteiger partial charge is 0.305 e. The van der Waals surface area contributed by atoms with Gasteiger partial charge in [0.25, 0.3) is 0 Å². The first kappa shape index (κ1) is 13.8. The van der Waals surface area contributed by atoms with E-state index >= 15 is 0 Å². The monoisotopic (exact) mass is 309 g/mol. The molecule has 0 bridgehead atoms. The fourth-order valence-electron chi connectivity index (χ4n) is 2.27. The van der Waals surface area contributed by atoms with Crippen LogP contribution < -0.4 is 0 Å². The Labute approximate surface area is 125 Å². The number of pyridine rings is 1. The van der Waals surface area contributed by atoms with Crippen LogP contribution in [-0.2, 0) is 17.4 Å². The molecule has 0 saturated carbocycles. The Morgan fingerprint density at radius 1 is 1.40 bits per heavy atom. The van der Waals surface area contributed by atoms with Crippen molar-refractivity contribution in [3.8, 4) is 0 Å². The number of nitrogens with zero attached hydrogens (tertiary/aromatic N) is 3. The van der Waals surface area contributed by atoms with Crippen molar-refractivity contribution in [2.75, 3.05) is 0 Å². The van der Waals surface area contributed by atoms with Crippen molar-refractivity contribution in [1.29, 1.82) is 0 Å². The standard InChI is InChI=1S/C14H16ClN3OS/c1-14(2,3)20(19)17-11-5-4-9-10(15)6-7-18-8-16-12(11)13(9)18/h6-8H,4-5H2,1-3H3/b17-11-. The first-order valence-corrected chi connectivity index (χ1v) is 8.00. The molecule has 3 rings (SSSR count). The maximum absolute atomic E-state index is 12.2. The van der Waals surface area contributed by atoms with Gasteiger partial charge in [0.05, 0.1) is 16.0 Å². The second-order valence-electron chi connectivity index (χ2n) is 5.89. The zero-order valence-corrected chi connectivity index (χ0v) is 13.3. The van der Waals surface area contributed by atoms with E-state index in [4.69, 9.17) is 11.6 Å². The summed E-state index contributed by atoms with van der Waals surface area (Å²) in [4.78, 5) is 4.42. The van der Waals surface area contributed by atoms with Gasteiger partial charge < -0.3 is 4.40 Å². The van der Waals surface area contributed by atoms with Crippen molar-refractivity contribution in [3.05, 3.63) is 34.9 Å². The third-order valence-corrected chi connectivity index (χ3v) is 5.14. The van der Waals surface area contributed by atoms with Crippen molar-refractivity contribution in [2.45, 2.75) is 38.4 Å². The molecule has 0 amide bonds. The second-order valence-corrected chi connectivity index (χ2v) is 8.20. The van der Waals surface area contributed by atoms with Crippen LogP contribution in [0.4, 0.5) is 0 Å². The van der Waals surface area contributed by atoms with Crippen molar-refractivity contribution in [3.63, 3.8) is 0 Å². The van der Waals surface area contributed by atoms with E-state index in [9.17, 15) is 4.21 Å². The van der Waals surface area contributed by atoms with Gasteiger partial charge in [-0.25, -0.2) is 9.19 Å². The zero-order valence-electron chi connectivity index (χ0n) is 11.7. The minimum absolute atomic E-state index is 0.361. The average molecular weight is 310 g/mol. The number of hydrogen-bond acceptors (Lipinski definition) is 2. The van der Waals surface area contributed by atoms with E-state index in [-0.39, 0.29) is 4.75 Å². The SMILES string of the molecule is CC(C)(C)S(=O)/N=C1/CCc2c(Cl)ccn3cnc1c23. The van der Waals surface area contributed by atoms with Crippen molar-refractivity contribution < 1.29 is 4.21 Å². The Morgan fingerprint density at radius 2 is 2.15 bits per heavy atom. The van der Waals surface area contributed by atoms with Gasteiger partial charge in [-0.1, -0.05) is 11.6 Å². The molecule has 0 radical (unpaired) electrons. The maximum atomic E-state index is 12.2. The Balaban J connectivity index is 2.16. The zero-order chi connectivity index (χ0) is 14.5. The molecule has 1 atom stereocenters. The minimum atomic E-state index is -1.27. The van der Waals surface area contributed by atoms with Crippen LogP contribution in [0.5, 0.6) is 0 Å². The molecule has 0 N–H and O–H groups in total. The van der Waals surface area contributed by atoms with E-state index in [1.807, 2.05) is 37.4 Å². The van der Waals surface area contributed by atoms with Gasteiger partial charge in [-0.15, -0.1) is 0 Å². The van der Waals surface area contributed by atoms with Gasteiger partial charge >= 0.3 is 0 Å². The number of hydrogen-bond donors (Lipinski definition) is 0. The van der Waals surface area contributed by atoms with Gasteiger partial charge in [-0.3, -0.25) is 0 Å². The fraction of sp³-hybridized carbons (Fsp3) is 0.429. The molecule has 4 nitrogen and oxygen atoms in total. The van der Waals surface area contributed by atoms with Gasteiger partial charge in [-0.05, 0) is 45.2 Å². The van der Waals surface area contributed by atoms with Crippen LogP contribution in [0, 0.1) is 0 Å². The molecule has 1 unspecified atom stereocenters. The fourth-order valence-corrected chi connectivity index (χ4v) is 3.16. The molecule has 6 heteroatoms. The molecular weight excluding hydrogens is 294 g/mol. The lowest BCUT2D eigenvalue weighted by molar-refractivity contribution is 0.650. The summed E-state index contributed by atoms with van der Waals surface area (Å²) in [5, 5.41) is 0.759. The summed E-state index contributed by atoms with van der Waals surface area (Å²) >= 11 is 6.25. The molecule has 0 fully saturated rings. The number of halogens is 1. The molecule has 1 aliphatic rings. The molecule has 0 aromatic carbocycles. The summed E-state index contributed by atoms with van der Waals surface area (Å²) in [6, 6.07) is 1.88. The lowest BCUT2D eigenvalue weighted by Crippen LogP contribution is -2.22. The molecule has 2 heterocycles. The predicted octanol–water partition coefficient (Wildman–Crippen LogP) is 3.19. The highest BCUT2D eigenvalue weighted by Crippen LogP contribution is 2.30. The van der Waals surface area contributed by atoms with Crippen LogP contribution in [0.15, 0.2) is 23.0 Å². The average Bonchev–Trinajstić information content (AvgIpc) is 2.80. The molecule has 20 heavy (non-hydrogen) atoms. The van der Waals surface area contributed by atoms with E-state index in [2.05, 4.69) is 9.38 Å². The summed E-state index contributed by atoms with van der Waals surface area (Å²) in [6.07, 6.45) is 5.18. The van der Waals surface area contributed by atoms with Crippen LogP contribution in [-0.4, -0.2) is 24.1 Å². The van der Waals surface area contributed by atoms with Crippen LogP contribution in [0.1, 0.15) is 38.4 Å². The molecule has 1 aliphatic carbocycles. The van der Waals surface area contributed by atoms with Crippen LogP contribution >= 0.6 is 11.6 Å². The Hall–Kier alpha value is -1.20. The lowest BCUT2D eigenvalue weighted by Gasteiger charge is -2.18. The predicted molar refractivity (Wildman–Crippen MR) is 83.0 cm³/mol. The Bertz CT molecular complexity index is 743. The topological polar surface area (TPSA) is 46.7 Å². The third-order valence-electron chi connectivity index (χ3n) is 3.35. The normalized spacial score (nSPS) is 18.7. The van der Waals surface area contributed by atoms with Crippen molar-refractivity contribution in [1.82, 2.24) is 9.38 Å². The second kappa shape index (κ2) is 4.67. The highest BCUT2D eigenvalue weighted by Gasteiger charge is 2.25. The minimum Gasteiger partial charge on any atom is -0.305 e. The summed E-state index contributed by atoms with van der Waals surface area (Å²) < 4.78 is 18.2. The number of aromatic nitrogens is 2. The van der Waals surface area contributed by atoms with Crippen LogP contribution in [0.25, 0.3) is 5.52 Å². The molecule has 0 spiro atoms. The summed E-state index contributed by atoms with van der Waals surface area (Å²) in [6.45, 7) is 5.76.